The third-order valence-corrected chi connectivity index (χ3v) is 3.57. The van der Waals surface area contributed by atoms with Crippen molar-refractivity contribution < 1.29 is 0 Å². The zero-order valence-electron chi connectivity index (χ0n) is 12.9. The van der Waals surface area contributed by atoms with Gasteiger partial charge in [0.25, 0.3) is 0 Å². The Morgan fingerprint density at radius 1 is 1.26 bits per heavy atom. The van der Waals surface area contributed by atoms with Crippen molar-refractivity contribution in [3.63, 3.8) is 0 Å². The van der Waals surface area contributed by atoms with Crippen LogP contribution in [0.2, 0.25) is 0 Å². The predicted octanol–water partition coefficient (Wildman–Crippen LogP) is 2.16. The van der Waals surface area contributed by atoms with Crippen LogP contribution in [-0.4, -0.2) is 25.0 Å². The van der Waals surface area contributed by atoms with Gasteiger partial charge >= 0.3 is 0 Å². The molecule has 0 aliphatic carbocycles. The average molecular weight is 305 g/mol. The number of pyridine rings is 1. The minimum atomic E-state index is 0.492. The van der Waals surface area contributed by atoms with E-state index in [0.717, 1.165) is 22.6 Å². The molecule has 0 spiro atoms. The third-order valence-electron chi connectivity index (χ3n) is 3.57. The first-order chi connectivity index (χ1) is 11.2. The largest absolute Gasteiger partial charge is 0.363 e. The molecule has 7 nitrogen and oxygen atoms in total. The lowest BCUT2D eigenvalue weighted by Crippen LogP contribution is -2.08. The Labute approximate surface area is 133 Å². The van der Waals surface area contributed by atoms with E-state index in [2.05, 4.69) is 31.7 Å². The molecule has 0 aromatic carbocycles. The fourth-order valence-corrected chi connectivity index (χ4v) is 2.12. The zero-order valence-corrected chi connectivity index (χ0v) is 12.9. The summed E-state index contributed by atoms with van der Waals surface area (Å²) in [6, 6.07) is 7.87. The maximum Gasteiger partial charge on any atom is 0.167 e. The molecule has 7 heteroatoms. The Morgan fingerprint density at radius 2 is 2.13 bits per heavy atom. The topological polar surface area (TPSA) is 92.3 Å². The van der Waals surface area contributed by atoms with Crippen LogP contribution < -0.4 is 5.32 Å². The van der Waals surface area contributed by atoms with E-state index in [4.69, 9.17) is 0 Å². The van der Waals surface area contributed by atoms with Crippen LogP contribution in [0.15, 0.2) is 36.8 Å². The number of aromatic nitrogens is 5. The van der Waals surface area contributed by atoms with Crippen molar-refractivity contribution in [2.45, 2.75) is 20.4 Å². The lowest BCUT2D eigenvalue weighted by Gasteiger charge is -2.09. The molecule has 114 valence electrons. The van der Waals surface area contributed by atoms with Gasteiger partial charge in [0.05, 0.1) is 5.69 Å². The molecule has 0 saturated heterocycles. The fourth-order valence-electron chi connectivity index (χ4n) is 2.12. The van der Waals surface area contributed by atoms with Crippen molar-refractivity contribution in [1.29, 1.82) is 5.26 Å². The minimum Gasteiger partial charge on any atom is -0.363 e. The summed E-state index contributed by atoms with van der Waals surface area (Å²) in [7, 11) is 0. The van der Waals surface area contributed by atoms with E-state index in [1.165, 1.54) is 0 Å². The molecule has 0 unspecified atom stereocenters. The number of hydrogen-bond acceptors (Lipinski definition) is 6. The molecule has 0 atom stereocenters. The minimum absolute atomic E-state index is 0.492. The maximum absolute atomic E-state index is 9.28. The van der Waals surface area contributed by atoms with E-state index in [1.54, 1.807) is 17.1 Å². The average Bonchev–Trinajstić information content (AvgIpc) is 3.11. The molecule has 0 amide bonds. The lowest BCUT2D eigenvalue weighted by molar-refractivity contribution is 0.843. The summed E-state index contributed by atoms with van der Waals surface area (Å²) in [5, 5.41) is 24.7. The number of hydrogen-bond donors (Lipinski definition) is 1. The molecule has 0 fully saturated rings. The highest BCUT2D eigenvalue weighted by Crippen LogP contribution is 2.17. The molecule has 3 aromatic rings. The van der Waals surface area contributed by atoms with Gasteiger partial charge in [-0.25, -0.2) is 9.67 Å². The van der Waals surface area contributed by atoms with Crippen molar-refractivity contribution in [3.05, 3.63) is 59.2 Å². The Morgan fingerprint density at radius 3 is 2.78 bits per heavy atom. The van der Waals surface area contributed by atoms with E-state index in [0.29, 0.717) is 17.9 Å². The second-order valence-electron chi connectivity index (χ2n) is 5.07. The van der Waals surface area contributed by atoms with Crippen LogP contribution in [-0.2, 0) is 6.54 Å². The van der Waals surface area contributed by atoms with Gasteiger partial charge in [-0.15, -0.1) is 5.10 Å². The van der Waals surface area contributed by atoms with E-state index in [9.17, 15) is 5.26 Å². The first-order valence-electron chi connectivity index (χ1n) is 7.12. The van der Waals surface area contributed by atoms with Crippen molar-refractivity contribution >= 4 is 5.82 Å². The molecule has 3 aromatic heterocycles. The van der Waals surface area contributed by atoms with Crippen molar-refractivity contribution in [2.75, 3.05) is 5.32 Å². The quantitative estimate of drug-likeness (QED) is 0.794. The van der Waals surface area contributed by atoms with Crippen LogP contribution in [0.1, 0.15) is 22.4 Å². The summed E-state index contributed by atoms with van der Waals surface area (Å²) < 4.78 is 1.69. The molecule has 3 heterocycles. The van der Waals surface area contributed by atoms with E-state index in [1.807, 2.05) is 38.2 Å². The Kier molecular flexibility index (Phi) is 3.97. The first kappa shape index (κ1) is 14.7. The molecule has 0 bridgehead atoms. The number of nitrogens with one attached hydrogen (secondary N) is 1. The number of anilines is 1. The second kappa shape index (κ2) is 6.23. The molecule has 3 rings (SSSR count). The lowest BCUT2D eigenvalue weighted by atomic mass is 10.1. The van der Waals surface area contributed by atoms with Crippen molar-refractivity contribution in [3.8, 4) is 11.9 Å². The van der Waals surface area contributed by atoms with Gasteiger partial charge in [-0.05, 0) is 37.1 Å². The number of rotatable bonds is 4. The molecule has 0 radical (unpaired) electrons. The standard InChI is InChI=1S/C16H15N7/c1-11-12(2)21-22-16(14(11)8-17)19-10-13-4-5-15(18-9-13)23-7-3-6-20-23/h3-7,9H,10H2,1-2H3,(H,19,22). The van der Waals surface area contributed by atoms with Crippen LogP contribution in [0.25, 0.3) is 5.82 Å². The molecule has 0 aliphatic rings. The third kappa shape index (κ3) is 3.01. The van der Waals surface area contributed by atoms with Gasteiger partial charge in [0.2, 0.25) is 0 Å². The fraction of sp³-hybridized carbons (Fsp3) is 0.188. The number of nitriles is 1. The van der Waals surface area contributed by atoms with Gasteiger partial charge in [-0.1, -0.05) is 6.07 Å². The Balaban J connectivity index is 1.74. The Hall–Kier alpha value is -3.27. The zero-order chi connectivity index (χ0) is 16.2. The first-order valence-corrected chi connectivity index (χ1v) is 7.12. The molecular weight excluding hydrogens is 290 g/mol. The summed E-state index contributed by atoms with van der Waals surface area (Å²) in [5.74, 6) is 1.24. The van der Waals surface area contributed by atoms with Gasteiger partial charge in [0.1, 0.15) is 11.6 Å². The highest BCUT2D eigenvalue weighted by Gasteiger charge is 2.10. The molecule has 0 saturated carbocycles. The molecule has 0 aliphatic heterocycles. The van der Waals surface area contributed by atoms with E-state index in [-0.39, 0.29) is 0 Å². The normalized spacial score (nSPS) is 10.3. The summed E-state index contributed by atoms with van der Waals surface area (Å²) >= 11 is 0. The van der Waals surface area contributed by atoms with Gasteiger partial charge in [0.15, 0.2) is 11.6 Å². The smallest absolute Gasteiger partial charge is 0.167 e. The van der Waals surface area contributed by atoms with Crippen molar-refractivity contribution in [2.24, 2.45) is 0 Å². The van der Waals surface area contributed by atoms with Gasteiger partial charge in [-0.3, -0.25) is 0 Å². The van der Waals surface area contributed by atoms with E-state index < -0.39 is 0 Å². The van der Waals surface area contributed by atoms with E-state index >= 15 is 0 Å². The summed E-state index contributed by atoms with van der Waals surface area (Å²) in [5.41, 5.74) is 3.11. The van der Waals surface area contributed by atoms with Crippen LogP contribution in [0.4, 0.5) is 5.82 Å². The monoisotopic (exact) mass is 305 g/mol. The van der Waals surface area contributed by atoms with Crippen LogP contribution >= 0.6 is 0 Å². The second-order valence-corrected chi connectivity index (χ2v) is 5.07. The number of nitrogens with zero attached hydrogens (tertiary/aromatic N) is 6. The summed E-state index contributed by atoms with van der Waals surface area (Å²) in [6.45, 7) is 4.22. The predicted molar refractivity (Wildman–Crippen MR) is 84.9 cm³/mol. The van der Waals surface area contributed by atoms with Gasteiger partial charge in [0, 0.05) is 25.1 Å². The van der Waals surface area contributed by atoms with Crippen LogP contribution in [0.5, 0.6) is 0 Å². The molecule has 23 heavy (non-hydrogen) atoms. The van der Waals surface area contributed by atoms with Gasteiger partial charge < -0.3 is 5.32 Å². The van der Waals surface area contributed by atoms with Crippen molar-refractivity contribution in [1.82, 2.24) is 25.0 Å². The summed E-state index contributed by atoms with van der Waals surface area (Å²) in [6.07, 6.45) is 5.31. The Bertz CT molecular complexity index is 845. The molecular formula is C16H15N7. The highest BCUT2D eigenvalue weighted by atomic mass is 15.3. The van der Waals surface area contributed by atoms with Crippen LogP contribution in [0, 0.1) is 25.2 Å². The highest BCUT2D eigenvalue weighted by molar-refractivity contribution is 5.55. The summed E-state index contributed by atoms with van der Waals surface area (Å²) in [4.78, 5) is 4.37. The van der Waals surface area contributed by atoms with Crippen LogP contribution in [0.3, 0.4) is 0 Å². The SMILES string of the molecule is Cc1nnc(NCc2ccc(-n3cccn3)nc2)c(C#N)c1C. The number of aryl methyl sites for hydroxylation is 1. The maximum atomic E-state index is 9.28. The van der Waals surface area contributed by atoms with Gasteiger partial charge in [-0.2, -0.15) is 15.5 Å². The molecule has 1 N–H and O–H groups in total.